The van der Waals surface area contributed by atoms with Gasteiger partial charge in [-0.2, -0.15) is 0 Å². The number of benzene rings is 4. The second-order valence-corrected chi connectivity index (χ2v) is 21.1. The van der Waals surface area contributed by atoms with Gasteiger partial charge in [0.1, 0.15) is 5.75 Å². The van der Waals surface area contributed by atoms with E-state index in [0.29, 0.717) is 48.4 Å². The van der Waals surface area contributed by atoms with Crippen molar-refractivity contribution in [2.24, 2.45) is 5.92 Å². The molecule has 4 aliphatic heterocycles. The highest BCUT2D eigenvalue weighted by molar-refractivity contribution is 6.91. The highest BCUT2D eigenvalue weighted by Crippen LogP contribution is 2.61. The van der Waals surface area contributed by atoms with E-state index in [-0.39, 0.29) is 60.6 Å². The Hall–Kier alpha value is -5.04. The molecule has 3 amide bonds. The average molecular weight is 790 g/mol. The highest BCUT2D eigenvalue weighted by atomic mass is 28.3. The molecule has 1 N–H and O–H groups in total. The van der Waals surface area contributed by atoms with Crippen LogP contribution in [-0.4, -0.2) is 87.8 Å². The fraction of sp³-hybridized carbons (Fsp3) is 0.422. The van der Waals surface area contributed by atoms with Crippen LogP contribution in [0.2, 0.25) is 18.6 Å². The Morgan fingerprint density at radius 2 is 1.72 bits per heavy atom. The van der Waals surface area contributed by atoms with Crippen LogP contribution in [0.1, 0.15) is 61.4 Å². The average Bonchev–Trinajstić information content (AvgIpc) is 3.95. The summed E-state index contributed by atoms with van der Waals surface area (Å²) in [6.45, 7) is 7.48. The third-order valence-electron chi connectivity index (χ3n) is 13.2. The van der Waals surface area contributed by atoms with Gasteiger partial charge in [-0.25, -0.2) is 0 Å². The SMILES string of the molecule is COC(=O)CCCCN1C(=O)[C@@]2(O[C@@H](CC(=O)N3CCC[C@H]3CO)[C@H]([Si](C)(C)c3ccc(OC)cc3)[C@H]2C)c2cc(N3C(=O)c4cccc5cccc3c45)ccc21. The van der Waals surface area contributed by atoms with Gasteiger partial charge in [0, 0.05) is 42.1 Å². The minimum atomic E-state index is -2.57. The lowest BCUT2D eigenvalue weighted by Gasteiger charge is -2.37. The van der Waals surface area contributed by atoms with E-state index in [1.165, 1.54) is 7.11 Å². The fourth-order valence-electron chi connectivity index (χ4n) is 10.3. The number of aliphatic hydroxyl groups is 1. The van der Waals surface area contributed by atoms with Crippen LogP contribution in [0.25, 0.3) is 10.8 Å². The van der Waals surface area contributed by atoms with Gasteiger partial charge in [-0.15, -0.1) is 0 Å². The maximum atomic E-state index is 15.4. The van der Waals surface area contributed by atoms with Gasteiger partial charge in [0.25, 0.3) is 11.8 Å². The zero-order valence-electron chi connectivity index (χ0n) is 33.3. The Balaban J connectivity index is 1.24. The molecule has 2 saturated heterocycles. The van der Waals surface area contributed by atoms with E-state index in [9.17, 15) is 19.5 Å². The summed E-state index contributed by atoms with van der Waals surface area (Å²) in [6.07, 6.45) is 2.37. The number of amides is 3. The molecule has 0 saturated carbocycles. The first-order valence-electron chi connectivity index (χ1n) is 20.1. The molecular formula is C45H51N3O8Si. The Morgan fingerprint density at radius 3 is 2.44 bits per heavy atom. The normalized spacial score (nSPS) is 23.9. The Morgan fingerprint density at radius 1 is 0.965 bits per heavy atom. The first-order valence-corrected chi connectivity index (χ1v) is 23.2. The van der Waals surface area contributed by atoms with Crippen molar-refractivity contribution in [1.29, 1.82) is 0 Å². The lowest BCUT2D eigenvalue weighted by molar-refractivity contribution is -0.150. The third kappa shape index (κ3) is 6.24. The van der Waals surface area contributed by atoms with Gasteiger partial charge in [-0.05, 0) is 79.1 Å². The minimum Gasteiger partial charge on any atom is -0.497 e. The van der Waals surface area contributed by atoms with Crippen LogP contribution < -0.4 is 19.7 Å². The van der Waals surface area contributed by atoms with Crippen molar-refractivity contribution in [2.75, 3.05) is 43.7 Å². The second-order valence-electron chi connectivity index (χ2n) is 16.4. The van der Waals surface area contributed by atoms with Crippen LogP contribution in [-0.2, 0) is 29.5 Å². The second kappa shape index (κ2) is 15.0. The van der Waals surface area contributed by atoms with E-state index in [2.05, 4.69) is 32.2 Å². The molecule has 5 atom stereocenters. The standard InChI is InChI=1S/C45H51N3O8Si/c1-28-42(57(4,5)33-20-18-32(54-2)19-21-33)38(26-39(50)46-24-10-13-31(46)27-49)56-45(28)35-25-30(17-22-36(35)47(44(45)53)23-7-6-16-40(51)55-3)48-37-15-9-12-29-11-8-14-34(41(29)37)43(48)52/h8-9,11-12,14-15,17-22,25,28,31,38,42,49H,6-7,10,13,16,23-24,26-27H2,1-5H3/t28-,31+,38+,42-,45+/m1/s1. The first kappa shape index (κ1) is 38.8. The molecule has 4 aromatic carbocycles. The summed E-state index contributed by atoms with van der Waals surface area (Å²) in [5.74, 6) is -0.353. The van der Waals surface area contributed by atoms with E-state index < -0.39 is 19.8 Å². The van der Waals surface area contributed by atoms with Crippen molar-refractivity contribution in [3.8, 4) is 5.75 Å². The molecule has 0 unspecified atom stereocenters. The predicted molar refractivity (Wildman–Crippen MR) is 221 cm³/mol. The van der Waals surface area contributed by atoms with Crippen molar-refractivity contribution in [1.82, 2.24) is 4.90 Å². The summed E-state index contributed by atoms with van der Waals surface area (Å²) < 4.78 is 17.7. The number of hydrogen-bond acceptors (Lipinski definition) is 8. The zero-order valence-corrected chi connectivity index (χ0v) is 34.3. The van der Waals surface area contributed by atoms with Crippen LogP contribution in [0.4, 0.5) is 17.1 Å². The third-order valence-corrected chi connectivity index (χ3v) is 17.5. The molecule has 2 fully saturated rings. The molecule has 4 aromatic rings. The monoisotopic (exact) mass is 789 g/mol. The first-order chi connectivity index (χ1) is 27.5. The molecular weight excluding hydrogens is 739 g/mol. The van der Waals surface area contributed by atoms with Crippen LogP contribution >= 0.6 is 0 Å². The Labute approximate surface area is 334 Å². The van der Waals surface area contributed by atoms with Gasteiger partial charge in [-0.1, -0.05) is 61.6 Å². The largest absolute Gasteiger partial charge is 0.497 e. The molecule has 0 aliphatic carbocycles. The van der Waals surface area contributed by atoms with E-state index >= 15 is 4.79 Å². The molecule has 0 radical (unpaired) electrons. The summed E-state index contributed by atoms with van der Waals surface area (Å²) in [5, 5.41) is 13.2. The lowest BCUT2D eigenvalue weighted by atomic mass is 9.82. The smallest absolute Gasteiger partial charge is 0.305 e. The van der Waals surface area contributed by atoms with Gasteiger partial charge >= 0.3 is 5.97 Å². The molecule has 4 heterocycles. The van der Waals surface area contributed by atoms with Crippen LogP contribution in [0.3, 0.4) is 0 Å². The Bertz CT molecular complexity index is 2240. The van der Waals surface area contributed by atoms with Gasteiger partial charge in [-0.3, -0.25) is 24.1 Å². The van der Waals surface area contributed by atoms with Crippen LogP contribution in [0.5, 0.6) is 5.75 Å². The number of nitrogens with zero attached hydrogens (tertiary/aromatic N) is 3. The molecule has 57 heavy (non-hydrogen) atoms. The number of fused-ring (bicyclic) bond motifs is 2. The maximum absolute atomic E-state index is 15.4. The molecule has 1 spiro atoms. The van der Waals surface area contributed by atoms with Crippen molar-refractivity contribution in [2.45, 2.75) is 81.8 Å². The summed E-state index contributed by atoms with van der Waals surface area (Å²) in [7, 11) is 0.443. The van der Waals surface area contributed by atoms with E-state index in [1.807, 2.05) is 66.7 Å². The molecule has 0 bridgehead atoms. The number of esters is 1. The number of hydrogen-bond donors (Lipinski definition) is 1. The quantitative estimate of drug-likeness (QED) is 0.0991. The number of ether oxygens (including phenoxy) is 3. The molecule has 8 rings (SSSR count). The number of likely N-dealkylation sites (tertiary alicyclic amines) is 1. The van der Waals surface area contributed by atoms with Crippen molar-refractivity contribution in [3.05, 3.63) is 90.0 Å². The number of aliphatic hydroxyl groups excluding tert-OH is 1. The molecule has 298 valence electrons. The number of rotatable bonds is 12. The summed E-state index contributed by atoms with van der Waals surface area (Å²) in [4.78, 5) is 61.1. The molecule has 11 nitrogen and oxygen atoms in total. The van der Waals surface area contributed by atoms with Gasteiger partial charge in [0.15, 0.2) is 5.60 Å². The molecule has 0 aromatic heterocycles. The lowest BCUT2D eigenvalue weighted by Crippen LogP contribution is -2.52. The molecule has 4 aliphatic rings. The van der Waals surface area contributed by atoms with Crippen LogP contribution in [0, 0.1) is 5.92 Å². The van der Waals surface area contributed by atoms with E-state index in [0.717, 1.165) is 40.2 Å². The number of unbranched alkanes of at least 4 members (excludes halogenated alkanes) is 1. The van der Waals surface area contributed by atoms with Gasteiger partial charge in [0.2, 0.25) is 5.91 Å². The maximum Gasteiger partial charge on any atom is 0.305 e. The zero-order chi connectivity index (χ0) is 40.2. The van der Waals surface area contributed by atoms with Crippen molar-refractivity contribution in [3.63, 3.8) is 0 Å². The number of carbonyl (C=O) groups excluding carboxylic acids is 4. The number of methoxy groups -OCH3 is 2. The van der Waals surface area contributed by atoms with Crippen LogP contribution in [0.15, 0.2) is 78.9 Å². The summed E-state index contributed by atoms with van der Waals surface area (Å²) in [5.41, 5.74) is 1.77. The Kier molecular flexibility index (Phi) is 10.2. The minimum absolute atomic E-state index is 0.0726. The van der Waals surface area contributed by atoms with E-state index in [1.54, 1.807) is 21.8 Å². The van der Waals surface area contributed by atoms with E-state index in [4.69, 9.17) is 14.2 Å². The number of anilines is 3. The topological polar surface area (TPSA) is 126 Å². The highest BCUT2D eigenvalue weighted by Gasteiger charge is 2.66. The van der Waals surface area contributed by atoms with Gasteiger partial charge < -0.3 is 29.1 Å². The fourth-order valence-corrected chi connectivity index (χ4v) is 14.3. The molecule has 12 heteroatoms. The predicted octanol–water partition coefficient (Wildman–Crippen LogP) is 6.42. The summed E-state index contributed by atoms with van der Waals surface area (Å²) in [6, 6.07) is 25.3. The number of carbonyl (C=O) groups is 4. The summed E-state index contributed by atoms with van der Waals surface area (Å²) >= 11 is 0. The van der Waals surface area contributed by atoms with Gasteiger partial charge in [0.05, 0.1) is 64.4 Å². The van der Waals surface area contributed by atoms with Crippen molar-refractivity contribution < 1.29 is 38.5 Å². The van der Waals surface area contributed by atoms with Crippen molar-refractivity contribution >= 4 is 64.8 Å².